The first-order valence-corrected chi connectivity index (χ1v) is 7.06. The van der Waals surface area contributed by atoms with Crippen molar-refractivity contribution >= 4 is 12.0 Å². The average Bonchev–Trinajstić information content (AvgIpc) is 2.47. The van der Waals surface area contributed by atoms with Gasteiger partial charge in [-0.2, -0.15) is 0 Å². The van der Waals surface area contributed by atoms with Crippen LogP contribution in [0.15, 0.2) is 24.3 Å². The molecule has 0 heterocycles. The summed E-state index contributed by atoms with van der Waals surface area (Å²) in [4.78, 5) is 22.6. The normalized spacial score (nSPS) is 21.6. The Balaban J connectivity index is 1.70. The molecule has 1 aliphatic rings. The fourth-order valence-electron chi connectivity index (χ4n) is 2.51. The van der Waals surface area contributed by atoms with E-state index in [4.69, 9.17) is 5.11 Å². The number of rotatable bonds is 4. The molecule has 1 aromatic carbocycles. The zero-order chi connectivity index (χ0) is 15.2. The van der Waals surface area contributed by atoms with Crippen LogP contribution in [0.3, 0.4) is 0 Å². The van der Waals surface area contributed by atoms with E-state index in [-0.39, 0.29) is 23.8 Å². The molecular weight excluding hydrogens is 275 g/mol. The Hall–Kier alpha value is -2.11. The zero-order valence-corrected chi connectivity index (χ0v) is 11.6. The van der Waals surface area contributed by atoms with E-state index in [0.29, 0.717) is 32.2 Å². The Morgan fingerprint density at radius 3 is 2.33 bits per heavy atom. The summed E-state index contributed by atoms with van der Waals surface area (Å²) in [5.41, 5.74) is 0.820. The molecule has 3 N–H and O–H groups in total. The molecule has 0 saturated heterocycles. The predicted octanol–water partition coefficient (Wildman–Crippen LogP) is 2.27. The molecule has 5 nitrogen and oxygen atoms in total. The first-order chi connectivity index (χ1) is 10.0. The minimum absolute atomic E-state index is 0.0221. The monoisotopic (exact) mass is 294 g/mol. The van der Waals surface area contributed by atoms with E-state index < -0.39 is 5.97 Å². The van der Waals surface area contributed by atoms with Crippen molar-refractivity contribution in [1.82, 2.24) is 10.6 Å². The van der Waals surface area contributed by atoms with Crippen LogP contribution in [0, 0.1) is 11.7 Å². The molecule has 2 rings (SSSR count). The lowest BCUT2D eigenvalue weighted by Crippen LogP contribution is -2.43. The van der Waals surface area contributed by atoms with Crippen molar-refractivity contribution in [1.29, 1.82) is 0 Å². The Kier molecular flexibility index (Phi) is 5.14. The number of carbonyl (C=O) groups excluding carboxylic acids is 1. The summed E-state index contributed by atoms with van der Waals surface area (Å²) in [6.45, 7) is 0.330. The van der Waals surface area contributed by atoms with E-state index in [1.165, 1.54) is 12.1 Å². The molecule has 0 aromatic heterocycles. The molecule has 1 aromatic rings. The number of halogens is 1. The minimum atomic E-state index is -0.755. The summed E-state index contributed by atoms with van der Waals surface area (Å²) in [6.07, 6.45) is 2.55. The third-order valence-corrected chi connectivity index (χ3v) is 3.78. The largest absolute Gasteiger partial charge is 0.481 e. The van der Waals surface area contributed by atoms with E-state index in [1.54, 1.807) is 12.1 Å². The molecule has 1 saturated carbocycles. The number of benzene rings is 1. The van der Waals surface area contributed by atoms with Crippen molar-refractivity contribution in [3.05, 3.63) is 35.6 Å². The lowest BCUT2D eigenvalue weighted by Gasteiger charge is -2.26. The predicted molar refractivity (Wildman–Crippen MR) is 75.2 cm³/mol. The second-order valence-corrected chi connectivity index (χ2v) is 5.34. The maximum Gasteiger partial charge on any atom is 0.315 e. The highest BCUT2D eigenvalue weighted by molar-refractivity contribution is 5.74. The number of amides is 2. The van der Waals surface area contributed by atoms with Crippen molar-refractivity contribution in [2.45, 2.75) is 38.3 Å². The van der Waals surface area contributed by atoms with Gasteiger partial charge < -0.3 is 15.7 Å². The van der Waals surface area contributed by atoms with Crippen LogP contribution in [-0.2, 0) is 11.3 Å². The first kappa shape index (κ1) is 15.3. The summed E-state index contributed by atoms with van der Waals surface area (Å²) in [6, 6.07) is 5.68. The van der Waals surface area contributed by atoms with E-state index in [0.717, 1.165) is 5.56 Å². The number of carbonyl (C=O) groups is 2. The molecule has 0 atom stereocenters. The molecular formula is C15H19FN2O3. The van der Waals surface area contributed by atoms with Gasteiger partial charge in [0.25, 0.3) is 0 Å². The standard InChI is InChI=1S/C15H19FN2O3/c16-12-5-1-10(2-6-12)9-17-15(21)18-13-7-3-11(4-8-13)14(19)20/h1-2,5-6,11,13H,3-4,7-9H2,(H,19,20)(H2,17,18,21). The number of nitrogens with one attached hydrogen (secondary N) is 2. The second-order valence-electron chi connectivity index (χ2n) is 5.34. The van der Waals surface area contributed by atoms with E-state index in [9.17, 15) is 14.0 Å². The summed E-state index contributed by atoms with van der Waals surface area (Å²) in [5.74, 6) is -1.35. The van der Waals surface area contributed by atoms with Crippen LogP contribution in [0.25, 0.3) is 0 Å². The lowest BCUT2D eigenvalue weighted by molar-refractivity contribution is -0.142. The molecule has 0 aliphatic heterocycles. The van der Waals surface area contributed by atoms with Crippen molar-refractivity contribution in [2.24, 2.45) is 5.92 Å². The molecule has 114 valence electrons. The van der Waals surface area contributed by atoms with E-state index >= 15 is 0 Å². The number of hydrogen-bond acceptors (Lipinski definition) is 2. The quantitative estimate of drug-likeness (QED) is 0.797. The van der Waals surface area contributed by atoms with Crippen molar-refractivity contribution in [2.75, 3.05) is 0 Å². The molecule has 0 radical (unpaired) electrons. The Labute approximate surface area is 122 Å². The molecule has 1 fully saturated rings. The van der Waals surface area contributed by atoms with E-state index in [2.05, 4.69) is 10.6 Å². The number of hydrogen-bond donors (Lipinski definition) is 3. The third kappa shape index (κ3) is 4.73. The fourth-order valence-corrected chi connectivity index (χ4v) is 2.51. The van der Waals surface area contributed by atoms with Crippen molar-refractivity contribution in [3.8, 4) is 0 Å². The number of carboxylic acids is 1. The molecule has 0 unspecified atom stereocenters. The molecule has 2 amide bonds. The van der Waals surface area contributed by atoms with Crippen LogP contribution in [-0.4, -0.2) is 23.1 Å². The molecule has 1 aliphatic carbocycles. The highest BCUT2D eigenvalue weighted by atomic mass is 19.1. The van der Waals surface area contributed by atoms with Gasteiger partial charge in [0.15, 0.2) is 0 Å². The van der Waals surface area contributed by atoms with Crippen LogP contribution < -0.4 is 10.6 Å². The number of carboxylic acid groups (broad SMARTS) is 1. The molecule has 0 bridgehead atoms. The van der Waals surface area contributed by atoms with Gasteiger partial charge in [-0.25, -0.2) is 9.18 Å². The smallest absolute Gasteiger partial charge is 0.315 e. The van der Waals surface area contributed by atoms with Crippen LogP contribution >= 0.6 is 0 Å². The number of urea groups is 1. The SMILES string of the molecule is O=C(NCc1ccc(F)cc1)NC1CCC(C(=O)O)CC1. The highest BCUT2D eigenvalue weighted by Crippen LogP contribution is 2.24. The van der Waals surface area contributed by atoms with Gasteiger partial charge in [-0.05, 0) is 43.4 Å². The minimum Gasteiger partial charge on any atom is -0.481 e. The summed E-state index contributed by atoms with van der Waals surface area (Å²) >= 11 is 0. The van der Waals surface area contributed by atoms with Gasteiger partial charge in [0.1, 0.15) is 5.82 Å². The van der Waals surface area contributed by atoms with Crippen LogP contribution in [0.1, 0.15) is 31.2 Å². The first-order valence-electron chi connectivity index (χ1n) is 7.06. The van der Waals surface area contributed by atoms with Crippen molar-refractivity contribution < 1.29 is 19.1 Å². The second kappa shape index (κ2) is 7.06. The summed E-state index contributed by atoms with van der Waals surface area (Å²) in [5, 5.41) is 14.5. The maximum atomic E-state index is 12.7. The lowest BCUT2D eigenvalue weighted by atomic mass is 9.86. The molecule has 6 heteroatoms. The van der Waals surface area contributed by atoms with Crippen LogP contribution in [0.5, 0.6) is 0 Å². The highest BCUT2D eigenvalue weighted by Gasteiger charge is 2.26. The summed E-state index contributed by atoms with van der Waals surface area (Å²) in [7, 11) is 0. The summed E-state index contributed by atoms with van der Waals surface area (Å²) < 4.78 is 12.7. The molecule has 21 heavy (non-hydrogen) atoms. The van der Waals surface area contributed by atoms with Crippen molar-refractivity contribution in [3.63, 3.8) is 0 Å². The van der Waals surface area contributed by atoms with Gasteiger partial charge in [-0.3, -0.25) is 4.79 Å². The number of aliphatic carboxylic acids is 1. The van der Waals surface area contributed by atoms with Gasteiger partial charge >= 0.3 is 12.0 Å². The third-order valence-electron chi connectivity index (χ3n) is 3.78. The Morgan fingerprint density at radius 1 is 1.14 bits per heavy atom. The van der Waals surface area contributed by atoms with E-state index in [1.807, 2.05) is 0 Å². The average molecular weight is 294 g/mol. The van der Waals surface area contributed by atoms with Gasteiger partial charge in [0, 0.05) is 12.6 Å². The Morgan fingerprint density at radius 2 is 1.76 bits per heavy atom. The van der Waals surface area contributed by atoms with Crippen LogP contribution in [0.4, 0.5) is 9.18 Å². The van der Waals surface area contributed by atoms with Gasteiger partial charge in [-0.15, -0.1) is 0 Å². The topological polar surface area (TPSA) is 78.4 Å². The maximum absolute atomic E-state index is 12.7. The van der Waals surface area contributed by atoms with Crippen LogP contribution in [0.2, 0.25) is 0 Å². The van der Waals surface area contributed by atoms with Gasteiger partial charge in [0.2, 0.25) is 0 Å². The molecule has 0 spiro atoms. The fraction of sp³-hybridized carbons (Fsp3) is 0.467. The zero-order valence-electron chi connectivity index (χ0n) is 11.6. The van der Waals surface area contributed by atoms with Gasteiger partial charge in [-0.1, -0.05) is 12.1 Å². The van der Waals surface area contributed by atoms with Gasteiger partial charge in [0.05, 0.1) is 5.92 Å². The Bertz CT molecular complexity index is 496.